The van der Waals surface area contributed by atoms with E-state index in [1.54, 1.807) is 6.07 Å². The highest BCUT2D eigenvalue weighted by Gasteiger charge is 2.40. The van der Waals surface area contributed by atoms with E-state index in [2.05, 4.69) is 17.3 Å². The normalized spacial score (nSPS) is 29.3. The summed E-state index contributed by atoms with van der Waals surface area (Å²) in [6, 6.07) is 5.80. The molecule has 0 aromatic heterocycles. The van der Waals surface area contributed by atoms with Crippen LogP contribution in [0.5, 0.6) is 0 Å². The third kappa shape index (κ3) is 4.04. The number of piperidine rings is 1. The van der Waals surface area contributed by atoms with Crippen molar-refractivity contribution in [2.45, 2.75) is 67.3 Å². The van der Waals surface area contributed by atoms with Crippen LogP contribution in [0.4, 0.5) is 5.69 Å². The lowest BCUT2D eigenvalue weighted by Crippen LogP contribution is -2.48. The molecule has 3 aliphatic heterocycles. The molecule has 2 bridgehead atoms. The van der Waals surface area contributed by atoms with Crippen LogP contribution in [0.2, 0.25) is 0 Å². The van der Waals surface area contributed by atoms with Crippen molar-refractivity contribution in [3.05, 3.63) is 23.8 Å². The molecule has 0 radical (unpaired) electrons. The van der Waals surface area contributed by atoms with Gasteiger partial charge in [0.2, 0.25) is 5.91 Å². The van der Waals surface area contributed by atoms with Crippen molar-refractivity contribution >= 4 is 27.3 Å². The molecule has 3 unspecified atom stereocenters. The second kappa shape index (κ2) is 8.40. The first-order valence-corrected chi connectivity index (χ1v) is 12.4. The predicted molar refractivity (Wildman–Crippen MR) is 115 cm³/mol. The molecule has 170 valence electrons. The van der Waals surface area contributed by atoms with E-state index in [-0.39, 0.29) is 29.8 Å². The largest absolute Gasteiger partial charge is 0.369 e. The van der Waals surface area contributed by atoms with Crippen molar-refractivity contribution in [2.75, 3.05) is 25.0 Å². The zero-order valence-electron chi connectivity index (χ0n) is 17.9. The summed E-state index contributed by atoms with van der Waals surface area (Å²) < 4.78 is 26.1. The maximum atomic E-state index is 13.0. The van der Waals surface area contributed by atoms with Crippen molar-refractivity contribution in [1.29, 1.82) is 0 Å². The lowest BCUT2D eigenvalue weighted by Gasteiger charge is -2.37. The lowest BCUT2D eigenvalue weighted by atomic mass is 9.97. The first-order valence-electron chi connectivity index (χ1n) is 10.8. The number of hydrogen-bond acceptors (Lipinski definition) is 7. The minimum Gasteiger partial charge on any atom is -0.369 e. The van der Waals surface area contributed by atoms with Crippen molar-refractivity contribution in [2.24, 2.45) is 0 Å². The summed E-state index contributed by atoms with van der Waals surface area (Å²) in [6.07, 6.45) is 3.90. The summed E-state index contributed by atoms with van der Waals surface area (Å²) in [6.45, 7) is 2.55. The standard InChI is InChI=1S/C21H30N4O5S/c1-3-25-12-17(11-20(26)23-28)31(29,30)19-7-4-13(8-18(19)25)21(27)22-14-9-15-5-6-16(10-14)24(15)2/h4,7-8,14-17,28H,3,5-6,9-12H2,1-2H3,(H,22,27)(H,23,26). The Balaban J connectivity index is 1.55. The van der Waals surface area contributed by atoms with E-state index in [1.807, 2.05) is 11.8 Å². The van der Waals surface area contributed by atoms with E-state index in [4.69, 9.17) is 5.21 Å². The summed E-state index contributed by atoms with van der Waals surface area (Å²) in [5.74, 6) is -0.928. The summed E-state index contributed by atoms with van der Waals surface area (Å²) in [7, 11) is -1.61. The van der Waals surface area contributed by atoms with Gasteiger partial charge in [0.25, 0.3) is 5.91 Å². The number of sulfone groups is 1. The lowest BCUT2D eigenvalue weighted by molar-refractivity contribution is -0.129. The Morgan fingerprint density at radius 2 is 1.87 bits per heavy atom. The predicted octanol–water partition coefficient (Wildman–Crippen LogP) is 0.919. The van der Waals surface area contributed by atoms with E-state index in [0.29, 0.717) is 29.9 Å². The molecule has 3 heterocycles. The van der Waals surface area contributed by atoms with Gasteiger partial charge < -0.3 is 15.1 Å². The van der Waals surface area contributed by atoms with Gasteiger partial charge in [-0.05, 0) is 57.9 Å². The number of fused-ring (bicyclic) bond motifs is 3. The van der Waals surface area contributed by atoms with Crippen LogP contribution >= 0.6 is 0 Å². The highest BCUT2D eigenvalue weighted by Crippen LogP contribution is 2.36. The molecule has 3 aliphatic rings. The molecule has 3 N–H and O–H groups in total. The maximum absolute atomic E-state index is 13.0. The van der Waals surface area contributed by atoms with Gasteiger partial charge in [-0.25, -0.2) is 13.9 Å². The fraction of sp³-hybridized carbons (Fsp3) is 0.619. The molecular weight excluding hydrogens is 420 g/mol. The van der Waals surface area contributed by atoms with E-state index in [0.717, 1.165) is 12.8 Å². The third-order valence-electron chi connectivity index (χ3n) is 7.08. The van der Waals surface area contributed by atoms with Crippen LogP contribution in [0.3, 0.4) is 0 Å². The van der Waals surface area contributed by atoms with Crippen LogP contribution in [0.1, 0.15) is 49.4 Å². The Kier molecular flexibility index (Phi) is 5.97. The Bertz CT molecular complexity index is 968. The Morgan fingerprint density at radius 3 is 2.48 bits per heavy atom. The van der Waals surface area contributed by atoms with Crippen molar-refractivity contribution in [3.63, 3.8) is 0 Å². The fourth-order valence-corrected chi connectivity index (χ4v) is 7.14. The minimum atomic E-state index is -3.76. The maximum Gasteiger partial charge on any atom is 0.251 e. The molecule has 2 fully saturated rings. The van der Waals surface area contributed by atoms with Gasteiger partial charge in [0.15, 0.2) is 9.84 Å². The van der Waals surface area contributed by atoms with Gasteiger partial charge in [0.05, 0.1) is 15.8 Å². The van der Waals surface area contributed by atoms with Gasteiger partial charge in [-0.2, -0.15) is 0 Å². The molecule has 9 nitrogen and oxygen atoms in total. The zero-order valence-corrected chi connectivity index (χ0v) is 18.7. The number of benzene rings is 1. The molecule has 2 saturated heterocycles. The molecular formula is C21H30N4O5S. The number of carbonyl (C=O) groups excluding carboxylic acids is 2. The van der Waals surface area contributed by atoms with Gasteiger partial charge in [-0.15, -0.1) is 0 Å². The number of carbonyl (C=O) groups is 2. The molecule has 0 spiro atoms. The van der Waals surface area contributed by atoms with E-state index in [9.17, 15) is 18.0 Å². The van der Waals surface area contributed by atoms with Gasteiger partial charge in [0.1, 0.15) is 0 Å². The van der Waals surface area contributed by atoms with E-state index >= 15 is 0 Å². The number of rotatable bonds is 5. The highest BCUT2D eigenvalue weighted by molar-refractivity contribution is 7.92. The van der Waals surface area contributed by atoms with Crippen LogP contribution in [-0.2, 0) is 14.6 Å². The van der Waals surface area contributed by atoms with Gasteiger partial charge >= 0.3 is 0 Å². The van der Waals surface area contributed by atoms with E-state index in [1.165, 1.54) is 30.5 Å². The van der Waals surface area contributed by atoms with Crippen molar-refractivity contribution in [1.82, 2.24) is 15.7 Å². The molecule has 0 aliphatic carbocycles. The zero-order chi connectivity index (χ0) is 22.3. The van der Waals surface area contributed by atoms with Gasteiger partial charge in [0, 0.05) is 43.2 Å². The molecule has 10 heteroatoms. The highest BCUT2D eigenvalue weighted by atomic mass is 32.2. The summed E-state index contributed by atoms with van der Waals surface area (Å²) in [5, 5.41) is 11.0. The molecule has 1 aromatic rings. The topological polar surface area (TPSA) is 119 Å². The van der Waals surface area contributed by atoms with Crippen LogP contribution < -0.4 is 15.7 Å². The average molecular weight is 451 g/mol. The van der Waals surface area contributed by atoms with E-state index < -0.39 is 21.0 Å². The number of nitrogens with zero attached hydrogens (tertiary/aromatic N) is 2. The number of hydrogen-bond donors (Lipinski definition) is 3. The Labute approximate surface area is 182 Å². The first-order chi connectivity index (χ1) is 14.7. The first kappa shape index (κ1) is 22.0. The van der Waals surface area contributed by atoms with Gasteiger partial charge in [-0.1, -0.05) is 0 Å². The molecule has 2 amide bonds. The number of nitrogens with one attached hydrogen (secondary N) is 2. The van der Waals surface area contributed by atoms with Crippen LogP contribution in [0.25, 0.3) is 0 Å². The molecule has 4 rings (SSSR count). The molecule has 0 saturated carbocycles. The Morgan fingerprint density at radius 1 is 1.19 bits per heavy atom. The van der Waals surface area contributed by atoms with Crippen molar-refractivity contribution < 1.29 is 23.2 Å². The minimum absolute atomic E-state index is 0.116. The SMILES string of the molecule is CCN1CC(CC(=O)NO)S(=O)(=O)c2ccc(C(=O)NC3CC4CCC(C3)N4C)cc21. The second-order valence-electron chi connectivity index (χ2n) is 8.82. The van der Waals surface area contributed by atoms with Crippen LogP contribution in [0.15, 0.2) is 23.1 Å². The average Bonchev–Trinajstić information content (AvgIpc) is 2.95. The van der Waals surface area contributed by atoms with Gasteiger partial charge in [-0.3, -0.25) is 14.8 Å². The molecule has 1 aromatic carbocycles. The smallest absolute Gasteiger partial charge is 0.251 e. The Hall–Kier alpha value is -2.17. The third-order valence-corrected chi connectivity index (χ3v) is 9.24. The second-order valence-corrected chi connectivity index (χ2v) is 11.0. The summed E-state index contributed by atoms with van der Waals surface area (Å²) in [5.41, 5.74) is 2.43. The molecule has 3 atom stereocenters. The van der Waals surface area contributed by atoms with Crippen LogP contribution in [-0.4, -0.2) is 73.9 Å². The summed E-state index contributed by atoms with van der Waals surface area (Å²) >= 11 is 0. The van der Waals surface area contributed by atoms with Crippen LogP contribution in [0, 0.1) is 0 Å². The summed E-state index contributed by atoms with van der Waals surface area (Å²) in [4.78, 5) is 28.9. The fourth-order valence-electron chi connectivity index (χ4n) is 5.29. The number of amides is 2. The molecule has 31 heavy (non-hydrogen) atoms. The van der Waals surface area contributed by atoms with Crippen molar-refractivity contribution in [3.8, 4) is 0 Å². The number of anilines is 1. The monoisotopic (exact) mass is 450 g/mol. The number of hydroxylamine groups is 1. The quantitative estimate of drug-likeness (QED) is 0.451.